The number of rotatable bonds is 4. The molecule has 0 spiro atoms. The summed E-state index contributed by atoms with van der Waals surface area (Å²) >= 11 is 11.8. The molecular weight excluding hydrogens is 289 g/mol. The number of nitrogens with zero attached hydrogens (tertiary/aromatic N) is 4. The summed E-state index contributed by atoms with van der Waals surface area (Å²) in [6.07, 6.45) is 1.62. The van der Waals surface area contributed by atoms with Gasteiger partial charge in [0.1, 0.15) is 17.2 Å². The van der Waals surface area contributed by atoms with Crippen LogP contribution in [0.1, 0.15) is 23.2 Å². The lowest BCUT2D eigenvalue weighted by molar-refractivity contribution is 0.0941. The number of carbonyl (C=O) groups is 1. The molecule has 0 aliphatic heterocycles. The first-order chi connectivity index (χ1) is 9.04. The van der Waals surface area contributed by atoms with Gasteiger partial charge in [0.25, 0.3) is 5.91 Å². The first-order valence-corrected chi connectivity index (χ1v) is 6.45. The normalized spacial score (nSPS) is 10.7. The molecule has 2 aromatic heterocycles. The zero-order chi connectivity index (χ0) is 14.0. The maximum absolute atomic E-state index is 12.0. The van der Waals surface area contributed by atoms with E-state index in [0.29, 0.717) is 28.2 Å². The fourth-order valence-corrected chi connectivity index (χ4v) is 2.07. The van der Waals surface area contributed by atoms with Crippen LogP contribution in [0.15, 0.2) is 12.4 Å². The van der Waals surface area contributed by atoms with Crippen LogP contribution in [0, 0.1) is 0 Å². The fourth-order valence-electron chi connectivity index (χ4n) is 1.69. The summed E-state index contributed by atoms with van der Waals surface area (Å²) in [6, 6.07) is 1.53. The van der Waals surface area contributed by atoms with Crippen LogP contribution in [0.2, 0.25) is 10.2 Å². The van der Waals surface area contributed by atoms with E-state index in [2.05, 4.69) is 15.5 Å². The van der Waals surface area contributed by atoms with E-state index in [0.717, 1.165) is 6.54 Å². The second kappa shape index (κ2) is 5.63. The van der Waals surface area contributed by atoms with Crippen molar-refractivity contribution < 1.29 is 4.79 Å². The van der Waals surface area contributed by atoms with Gasteiger partial charge in [-0.25, -0.2) is 0 Å². The van der Waals surface area contributed by atoms with Gasteiger partial charge >= 0.3 is 0 Å². The molecule has 102 valence electrons. The van der Waals surface area contributed by atoms with Gasteiger partial charge in [0.2, 0.25) is 0 Å². The van der Waals surface area contributed by atoms with Crippen molar-refractivity contribution in [1.29, 1.82) is 0 Å². The molecule has 2 aromatic rings. The van der Waals surface area contributed by atoms with Crippen LogP contribution >= 0.6 is 23.2 Å². The predicted molar refractivity (Wildman–Crippen MR) is 72.3 cm³/mol. The monoisotopic (exact) mass is 301 g/mol. The predicted octanol–water partition coefficient (Wildman–Crippen LogP) is 1.87. The van der Waals surface area contributed by atoms with Crippen LogP contribution in [0.5, 0.6) is 0 Å². The number of nitrogens with one attached hydrogen (secondary N) is 1. The minimum Gasteiger partial charge on any atom is -0.343 e. The highest BCUT2D eigenvalue weighted by atomic mass is 35.5. The molecule has 19 heavy (non-hydrogen) atoms. The lowest BCUT2D eigenvalue weighted by Crippen LogP contribution is -2.26. The molecule has 0 saturated carbocycles. The topological polar surface area (TPSA) is 64.7 Å². The molecule has 0 aromatic carbocycles. The van der Waals surface area contributed by atoms with Gasteiger partial charge in [-0.05, 0) is 13.0 Å². The third kappa shape index (κ3) is 2.74. The molecule has 6 nitrogen and oxygen atoms in total. The minimum atomic E-state index is -0.262. The van der Waals surface area contributed by atoms with Crippen molar-refractivity contribution in [2.75, 3.05) is 0 Å². The second-order valence-electron chi connectivity index (χ2n) is 3.94. The summed E-state index contributed by atoms with van der Waals surface area (Å²) in [5.41, 5.74) is 0.401. The van der Waals surface area contributed by atoms with Gasteiger partial charge in [-0.3, -0.25) is 4.79 Å². The molecule has 0 atom stereocenters. The molecule has 0 saturated heterocycles. The molecular formula is C11H13Cl2N5O. The number of hydrogen-bond donors (Lipinski definition) is 1. The Labute approximate surface area is 120 Å². The van der Waals surface area contributed by atoms with Crippen molar-refractivity contribution in [2.24, 2.45) is 7.05 Å². The van der Waals surface area contributed by atoms with Crippen LogP contribution in [-0.4, -0.2) is 25.2 Å². The van der Waals surface area contributed by atoms with E-state index in [1.54, 1.807) is 13.4 Å². The molecule has 2 rings (SSSR count). The van der Waals surface area contributed by atoms with Crippen molar-refractivity contribution in [2.45, 2.75) is 20.0 Å². The van der Waals surface area contributed by atoms with Crippen molar-refractivity contribution in [1.82, 2.24) is 24.6 Å². The van der Waals surface area contributed by atoms with Gasteiger partial charge in [-0.1, -0.05) is 23.2 Å². The average Bonchev–Trinajstić information content (AvgIpc) is 2.96. The van der Waals surface area contributed by atoms with Crippen molar-refractivity contribution in [3.8, 4) is 0 Å². The zero-order valence-corrected chi connectivity index (χ0v) is 12.0. The Morgan fingerprint density at radius 3 is 2.79 bits per heavy atom. The summed E-state index contributed by atoms with van der Waals surface area (Å²) in [5, 5.41) is 11.2. The molecule has 0 unspecified atom stereocenters. The largest absolute Gasteiger partial charge is 0.343 e. The van der Waals surface area contributed by atoms with E-state index < -0.39 is 0 Å². The number of aryl methyl sites for hydroxylation is 1. The molecule has 0 aliphatic carbocycles. The van der Waals surface area contributed by atoms with Crippen molar-refractivity contribution >= 4 is 29.1 Å². The highest BCUT2D eigenvalue weighted by Gasteiger charge is 2.16. The lowest BCUT2D eigenvalue weighted by atomic mass is 10.4. The Kier molecular flexibility index (Phi) is 4.11. The SMILES string of the molecule is CCn1cnnc1CNC(=O)c1cc(Cl)c(Cl)n1C. The number of hydrogen-bond acceptors (Lipinski definition) is 3. The maximum atomic E-state index is 12.0. The van der Waals surface area contributed by atoms with Gasteiger partial charge in [-0.2, -0.15) is 0 Å². The Morgan fingerprint density at radius 1 is 1.47 bits per heavy atom. The van der Waals surface area contributed by atoms with Gasteiger partial charge < -0.3 is 14.5 Å². The molecule has 1 N–H and O–H groups in total. The van der Waals surface area contributed by atoms with Crippen LogP contribution in [-0.2, 0) is 20.1 Å². The lowest BCUT2D eigenvalue weighted by Gasteiger charge is -2.07. The van der Waals surface area contributed by atoms with Crippen LogP contribution in [0.3, 0.4) is 0 Å². The molecule has 2 heterocycles. The van der Waals surface area contributed by atoms with Crippen LogP contribution in [0.4, 0.5) is 0 Å². The third-order valence-corrected chi connectivity index (χ3v) is 3.63. The first kappa shape index (κ1) is 13.9. The molecule has 1 amide bonds. The Balaban J connectivity index is 2.08. The van der Waals surface area contributed by atoms with E-state index in [1.165, 1.54) is 10.6 Å². The Morgan fingerprint density at radius 2 is 2.21 bits per heavy atom. The Bertz CT molecular complexity index is 604. The van der Waals surface area contributed by atoms with Gasteiger partial charge in [0.15, 0.2) is 5.82 Å². The summed E-state index contributed by atoms with van der Waals surface area (Å²) in [4.78, 5) is 12.0. The molecule has 0 fully saturated rings. The summed E-state index contributed by atoms with van der Waals surface area (Å²) < 4.78 is 3.38. The fraction of sp³-hybridized carbons (Fsp3) is 0.364. The standard InChI is InChI=1S/C11H13Cl2N5O/c1-3-18-6-15-16-9(18)5-14-11(19)8-4-7(12)10(13)17(8)2/h4,6H,3,5H2,1-2H3,(H,14,19). The van der Waals surface area contributed by atoms with Crippen LogP contribution in [0.25, 0.3) is 0 Å². The number of carbonyl (C=O) groups excluding carboxylic acids is 1. The smallest absolute Gasteiger partial charge is 0.268 e. The quantitative estimate of drug-likeness (QED) is 0.937. The van der Waals surface area contributed by atoms with Gasteiger partial charge in [0.05, 0.1) is 11.6 Å². The minimum absolute atomic E-state index is 0.262. The number of aromatic nitrogens is 4. The van der Waals surface area contributed by atoms with E-state index >= 15 is 0 Å². The number of halogens is 2. The third-order valence-electron chi connectivity index (χ3n) is 2.79. The van der Waals surface area contributed by atoms with Crippen molar-refractivity contribution in [3.63, 3.8) is 0 Å². The number of amides is 1. The van der Waals surface area contributed by atoms with Crippen molar-refractivity contribution in [3.05, 3.63) is 34.1 Å². The Hall–Kier alpha value is -1.53. The van der Waals surface area contributed by atoms with Gasteiger partial charge in [0, 0.05) is 13.6 Å². The van der Waals surface area contributed by atoms with Crippen LogP contribution < -0.4 is 5.32 Å². The summed E-state index contributed by atoms with van der Waals surface area (Å²) in [7, 11) is 1.68. The average molecular weight is 302 g/mol. The summed E-state index contributed by atoms with van der Waals surface area (Å²) in [5.74, 6) is 0.434. The molecule has 0 radical (unpaired) electrons. The molecule has 0 bridgehead atoms. The second-order valence-corrected chi connectivity index (χ2v) is 4.71. The highest BCUT2D eigenvalue weighted by Crippen LogP contribution is 2.24. The highest BCUT2D eigenvalue weighted by molar-refractivity contribution is 6.41. The zero-order valence-electron chi connectivity index (χ0n) is 10.5. The maximum Gasteiger partial charge on any atom is 0.268 e. The van der Waals surface area contributed by atoms with E-state index in [4.69, 9.17) is 23.2 Å². The summed E-state index contributed by atoms with van der Waals surface area (Å²) in [6.45, 7) is 3.03. The van der Waals surface area contributed by atoms with E-state index in [-0.39, 0.29) is 5.91 Å². The van der Waals surface area contributed by atoms with Gasteiger partial charge in [-0.15, -0.1) is 10.2 Å². The van der Waals surface area contributed by atoms with E-state index in [9.17, 15) is 4.79 Å². The first-order valence-electron chi connectivity index (χ1n) is 5.70. The molecule has 8 heteroatoms. The van der Waals surface area contributed by atoms with E-state index in [1.807, 2.05) is 11.5 Å². The molecule has 0 aliphatic rings.